The maximum absolute atomic E-state index is 11.5. The van der Waals surface area contributed by atoms with E-state index >= 15 is 0 Å². The van der Waals surface area contributed by atoms with Gasteiger partial charge in [-0.2, -0.15) is 0 Å². The topological polar surface area (TPSA) is 49.3 Å². The summed E-state index contributed by atoms with van der Waals surface area (Å²) in [6.07, 6.45) is 0. The van der Waals surface area contributed by atoms with Crippen molar-refractivity contribution in [2.75, 3.05) is 5.32 Å². The van der Waals surface area contributed by atoms with Gasteiger partial charge < -0.3 is 10.4 Å². The van der Waals surface area contributed by atoms with E-state index < -0.39 is 12.0 Å². The van der Waals surface area contributed by atoms with Gasteiger partial charge in [-0.3, -0.25) is 0 Å². The average Bonchev–Trinajstić information content (AvgIpc) is 2.40. The maximum Gasteiger partial charge on any atom is 0.330 e. The monoisotopic (exact) mass is 407 g/mol. The van der Waals surface area contributed by atoms with Gasteiger partial charge in [-0.15, -0.1) is 0 Å². The lowest BCUT2D eigenvalue weighted by Crippen LogP contribution is -2.20. The molecule has 0 aliphatic rings. The smallest absolute Gasteiger partial charge is 0.330 e. The minimum atomic E-state index is -1.05. The molecule has 0 radical (unpaired) electrons. The molecule has 0 fully saturated rings. The van der Waals surface area contributed by atoms with Crippen molar-refractivity contribution in [3.63, 3.8) is 0 Å². The van der Waals surface area contributed by atoms with E-state index in [2.05, 4.69) is 21.2 Å². The van der Waals surface area contributed by atoms with Crippen LogP contribution in [0.5, 0.6) is 0 Å². The summed E-state index contributed by atoms with van der Waals surface area (Å²) in [6, 6.07) is 8.74. The molecule has 0 bridgehead atoms. The number of rotatable bonds is 4. The Labute approximate surface area is 145 Å². The maximum atomic E-state index is 11.5. The molecular formula is C14H9BrCl3NO2. The van der Waals surface area contributed by atoms with Crippen molar-refractivity contribution in [2.24, 2.45) is 0 Å². The first kappa shape index (κ1) is 16.4. The summed E-state index contributed by atoms with van der Waals surface area (Å²) in [4.78, 5) is 11.5. The molecule has 0 saturated carbocycles. The number of aliphatic carboxylic acids is 1. The third-order valence-electron chi connectivity index (χ3n) is 2.75. The van der Waals surface area contributed by atoms with Crippen molar-refractivity contribution in [2.45, 2.75) is 6.04 Å². The second kappa shape index (κ2) is 6.88. The summed E-state index contributed by atoms with van der Waals surface area (Å²) in [7, 11) is 0. The van der Waals surface area contributed by atoms with Gasteiger partial charge in [-0.05, 0) is 46.3 Å². The van der Waals surface area contributed by atoms with Crippen LogP contribution in [0.1, 0.15) is 11.6 Å². The third kappa shape index (κ3) is 4.04. The fourth-order valence-electron chi connectivity index (χ4n) is 1.76. The molecule has 1 unspecified atom stereocenters. The van der Waals surface area contributed by atoms with E-state index in [9.17, 15) is 9.90 Å². The van der Waals surface area contributed by atoms with Crippen molar-refractivity contribution >= 4 is 62.4 Å². The summed E-state index contributed by atoms with van der Waals surface area (Å²) in [6.45, 7) is 0. The SMILES string of the molecule is O=C(O)C(Nc1ccc(Cl)c(Br)c1)c1ccc(Cl)cc1Cl. The summed E-state index contributed by atoms with van der Waals surface area (Å²) in [5, 5.41) is 13.6. The Morgan fingerprint density at radius 3 is 2.38 bits per heavy atom. The first-order valence-electron chi connectivity index (χ1n) is 5.78. The predicted octanol–water partition coefficient (Wildman–Crippen LogP) is 5.65. The van der Waals surface area contributed by atoms with E-state index in [1.165, 1.54) is 6.07 Å². The second-order valence-corrected chi connectivity index (χ2v) is 6.32. The van der Waals surface area contributed by atoms with Gasteiger partial charge in [-0.1, -0.05) is 40.9 Å². The molecule has 0 aliphatic carbocycles. The highest BCUT2D eigenvalue weighted by molar-refractivity contribution is 9.10. The number of nitrogens with one attached hydrogen (secondary N) is 1. The van der Waals surface area contributed by atoms with Crippen LogP contribution >= 0.6 is 50.7 Å². The zero-order valence-electron chi connectivity index (χ0n) is 10.4. The summed E-state index contributed by atoms with van der Waals surface area (Å²) in [5.41, 5.74) is 1.03. The Kier molecular flexibility index (Phi) is 5.38. The van der Waals surface area contributed by atoms with E-state index in [0.29, 0.717) is 25.8 Å². The van der Waals surface area contributed by atoms with Crippen molar-refractivity contribution in [3.05, 3.63) is 61.5 Å². The average molecular weight is 409 g/mol. The number of benzene rings is 2. The minimum absolute atomic E-state index is 0.287. The lowest BCUT2D eigenvalue weighted by atomic mass is 10.1. The number of carboxylic acid groups (broad SMARTS) is 1. The molecule has 2 aromatic carbocycles. The van der Waals surface area contributed by atoms with Crippen LogP contribution in [-0.2, 0) is 4.79 Å². The highest BCUT2D eigenvalue weighted by atomic mass is 79.9. The molecule has 21 heavy (non-hydrogen) atoms. The standard InChI is InChI=1S/C14H9BrCl3NO2/c15-10-6-8(2-4-11(10)17)19-13(14(20)21)9-3-1-7(16)5-12(9)18/h1-6,13,19H,(H,20,21). The minimum Gasteiger partial charge on any atom is -0.479 e. The van der Waals surface area contributed by atoms with Crippen LogP contribution in [0, 0.1) is 0 Å². The van der Waals surface area contributed by atoms with Crippen molar-refractivity contribution in [1.82, 2.24) is 0 Å². The highest BCUT2D eigenvalue weighted by Gasteiger charge is 2.22. The van der Waals surface area contributed by atoms with Crippen LogP contribution in [0.25, 0.3) is 0 Å². The van der Waals surface area contributed by atoms with Gasteiger partial charge in [0.1, 0.15) is 0 Å². The van der Waals surface area contributed by atoms with Crippen LogP contribution in [0.2, 0.25) is 15.1 Å². The number of hydrogen-bond donors (Lipinski definition) is 2. The molecule has 3 nitrogen and oxygen atoms in total. The van der Waals surface area contributed by atoms with Gasteiger partial charge in [-0.25, -0.2) is 4.79 Å². The number of halogens is 4. The Hall–Kier alpha value is -0.940. The number of carbonyl (C=O) groups is 1. The van der Waals surface area contributed by atoms with Gasteiger partial charge in [0.15, 0.2) is 6.04 Å². The molecule has 0 spiro atoms. The van der Waals surface area contributed by atoms with Gasteiger partial charge in [0.05, 0.1) is 5.02 Å². The lowest BCUT2D eigenvalue weighted by molar-refractivity contribution is -0.138. The fraction of sp³-hybridized carbons (Fsp3) is 0.0714. The van der Waals surface area contributed by atoms with Crippen molar-refractivity contribution < 1.29 is 9.90 Å². The second-order valence-electron chi connectivity index (χ2n) is 4.21. The first-order valence-corrected chi connectivity index (χ1v) is 7.70. The zero-order chi connectivity index (χ0) is 15.6. The van der Waals surface area contributed by atoms with Crippen LogP contribution in [0.4, 0.5) is 5.69 Å². The van der Waals surface area contributed by atoms with Crippen LogP contribution in [-0.4, -0.2) is 11.1 Å². The Morgan fingerprint density at radius 2 is 1.81 bits per heavy atom. The van der Waals surface area contributed by atoms with E-state index in [1.54, 1.807) is 30.3 Å². The van der Waals surface area contributed by atoms with E-state index in [-0.39, 0.29) is 5.02 Å². The molecule has 2 N–H and O–H groups in total. The van der Waals surface area contributed by atoms with E-state index in [1.807, 2.05) is 0 Å². The summed E-state index contributed by atoms with van der Waals surface area (Å²) in [5.74, 6) is -1.05. The fourth-order valence-corrected chi connectivity index (χ4v) is 2.77. The van der Waals surface area contributed by atoms with Crippen LogP contribution in [0.3, 0.4) is 0 Å². The quantitative estimate of drug-likeness (QED) is 0.686. The Bertz CT molecular complexity index is 694. The molecule has 0 heterocycles. The van der Waals surface area contributed by atoms with Crippen molar-refractivity contribution in [1.29, 1.82) is 0 Å². The van der Waals surface area contributed by atoms with Gasteiger partial charge in [0.2, 0.25) is 0 Å². The van der Waals surface area contributed by atoms with Crippen LogP contribution in [0.15, 0.2) is 40.9 Å². The first-order chi connectivity index (χ1) is 9.88. The number of anilines is 1. The van der Waals surface area contributed by atoms with E-state index in [0.717, 1.165) is 0 Å². The van der Waals surface area contributed by atoms with Gasteiger partial charge >= 0.3 is 5.97 Å². The van der Waals surface area contributed by atoms with Gasteiger partial charge in [0.25, 0.3) is 0 Å². The molecule has 0 aliphatic heterocycles. The lowest BCUT2D eigenvalue weighted by Gasteiger charge is -2.18. The molecule has 110 valence electrons. The molecule has 2 rings (SSSR count). The molecule has 0 aromatic heterocycles. The van der Waals surface area contributed by atoms with Crippen LogP contribution < -0.4 is 5.32 Å². The molecular weight excluding hydrogens is 400 g/mol. The molecule has 1 atom stereocenters. The number of hydrogen-bond acceptors (Lipinski definition) is 2. The molecule has 2 aromatic rings. The normalized spacial score (nSPS) is 12.0. The summed E-state index contributed by atoms with van der Waals surface area (Å²) < 4.78 is 0.667. The van der Waals surface area contributed by atoms with Gasteiger partial charge in [0, 0.05) is 25.8 Å². The Morgan fingerprint density at radius 1 is 1.10 bits per heavy atom. The highest BCUT2D eigenvalue weighted by Crippen LogP contribution is 2.31. The molecule has 7 heteroatoms. The largest absolute Gasteiger partial charge is 0.479 e. The number of carboxylic acids is 1. The third-order valence-corrected chi connectivity index (χ3v) is 4.53. The predicted molar refractivity (Wildman–Crippen MR) is 89.6 cm³/mol. The Balaban J connectivity index is 2.35. The zero-order valence-corrected chi connectivity index (χ0v) is 14.3. The molecule has 0 amide bonds. The van der Waals surface area contributed by atoms with E-state index in [4.69, 9.17) is 34.8 Å². The summed E-state index contributed by atoms with van der Waals surface area (Å²) >= 11 is 21.1. The van der Waals surface area contributed by atoms with Crippen molar-refractivity contribution in [3.8, 4) is 0 Å². The molecule has 0 saturated heterocycles.